The molecule has 0 aliphatic rings. The van der Waals surface area contributed by atoms with Gasteiger partial charge in [0.1, 0.15) is 0 Å². The van der Waals surface area contributed by atoms with Crippen molar-refractivity contribution in [2.45, 2.75) is 20.0 Å². The van der Waals surface area contributed by atoms with Crippen molar-refractivity contribution < 1.29 is 14.7 Å². The van der Waals surface area contributed by atoms with E-state index < -0.39 is 12.1 Å². The average molecular weight is 312 g/mol. The molecule has 0 spiro atoms. The number of hydrogen-bond donors (Lipinski definition) is 3. The Morgan fingerprint density at radius 2 is 1.65 bits per heavy atom. The molecule has 2 aromatic rings. The van der Waals surface area contributed by atoms with Gasteiger partial charge in [-0.05, 0) is 43.7 Å². The molecule has 0 aliphatic carbocycles. The molecule has 120 valence electrons. The smallest absolute Gasteiger partial charge is 0.319 e. The number of aryl methyl sites for hydroxylation is 1. The molecule has 0 radical (unpaired) electrons. The molecule has 0 aliphatic heterocycles. The molecule has 1 atom stereocenters. The van der Waals surface area contributed by atoms with Gasteiger partial charge in [-0.25, -0.2) is 4.79 Å². The third-order valence-electron chi connectivity index (χ3n) is 3.47. The van der Waals surface area contributed by atoms with Crippen LogP contribution in [-0.4, -0.2) is 23.5 Å². The summed E-state index contributed by atoms with van der Waals surface area (Å²) >= 11 is 0. The number of aliphatic hydroxyl groups excluding tert-OH is 1. The molecule has 0 bridgehead atoms. The second-order valence-electron chi connectivity index (χ2n) is 5.40. The van der Waals surface area contributed by atoms with Crippen LogP contribution in [-0.2, 0) is 0 Å². The van der Waals surface area contributed by atoms with Crippen molar-refractivity contribution in [3.8, 4) is 0 Å². The van der Waals surface area contributed by atoms with Crippen molar-refractivity contribution in [3.05, 3.63) is 65.2 Å². The Morgan fingerprint density at radius 3 is 2.22 bits per heavy atom. The van der Waals surface area contributed by atoms with Crippen LogP contribution >= 0.6 is 0 Å². The molecule has 0 saturated heterocycles. The maximum Gasteiger partial charge on any atom is 0.319 e. The van der Waals surface area contributed by atoms with Gasteiger partial charge in [-0.1, -0.05) is 29.8 Å². The Bertz CT molecular complexity index is 678. The molecule has 2 aromatic carbocycles. The summed E-state index contributed by atoms with van der Waals surface area (Å²) in [6, 6.07) is 13.7. The number of Topliss-reactive ketones (excluding diaryl/α,β-unsaturated/α-hetero) is 1. The molecule has 1 unspecified atom stereocenters. The number of amides is 2. The molecule has 5 nitrogen and oxygen atoms in total. The Labute approximate surface area is 135 Å². The van der Waals surface area contributed by atoms with E-state index in [-0.39, 0.29) is 12.3 Å². The lowest BCUT2D eigenvalue weighted by molar-refractivity contribution is 0.101. The largest absolute Gasteiger partial charge is 0.387 e. The summed E-state index contributed by atoms with van der Waals surface area (Å²) in [6.45, 7) is 3.57. The van der Waals surface area contributed by atoms with Crippen molar-refractivity contribution in [1.82, 2.24) is 5.32 Å². The Hall–Kier alpha value is -2.66. The highest BCUT2D eigenvalue weighted by molar-refractivity contribution is 5.95. The van der Waals surface area contributed by atoms with Gasteiger partial charge in [0.2, 0.25) is 0 Å². The summed E-state index contributed by atoms with van der Waals surface area (Å²) in [5, 5.41) is 15.3. The minimum absolute atomic E-state index is 0.0257. The van der Waals surface area contributed by atoms with Gasteiger partial charge in [0.15, 0.2) is 5.78 Å². The molecule has 2 amide bonds. The first-order chi connectivity index (χ1) is 11.0. The summed E-state index contributed by atoms with van der Waals surface area (Å²) in [5.41, 5.74) is 3.03. The van der Waals surface area contributed by atoms with E-state index in [2.05, 4.69) is 10.6 Å². The fourth-order valence-electron chi connectivity index (χ4n) is 2.06. The molecule has 0 aromatic heterocycles. The summed E-state index contributed by atoms with van der Waals surface area (Å²) in [7, 11) is 0. The fourth-order valence-corrected chi connectivity index (χ4v) is 2.06. The van der Waals surface area contributed by atoms with Crippen LogP contribution < -0.4 is 10.6 Å². The van der Waals surface area contributed by atoms with Gasteiger partial charge in [-0.15, -0.1) is 0 Å². The molecule has 0 fully saturated rings. The topological polar surface area (TPSA) is 78.4 Å². The van der Waals surface area contributed by atoms with E-state index in [1.54, 1.807) is 24.3 Å². The summed E-state index contributed by atoms with van der Waals surface area (Å²) < 4.78 is 0. The quantitative estimate of drug-likeness (QED) is 0.743. The van der Waals surface area contributed by atoms with E-state index >= 15 is 0 Å². The van der Waals surface area contributed by atoms with Gasteiger partial charge in [0, 0.05) is 17.8 Å². The Morgan fingerprint density at radius 1 is 1.04 bits per heavy atom. The van der Waals surface area contributed by atoms with Crippen molar-refractivity contribution in [2.24, 2.45) is 0 Å². The zero-order chi connectivity index (χ0) is 16.8. The predicted octanol–water partition coefficient (Wildman–Crippen LogP) is 3.05. The molecule has 23 heavy (non-hydrogen) atoms. The van der Waals surface area contributed by atoms with Crippen molar-refractivity contribution in [1.29, 1.82) is 0 Å². The number of rotatable bonds is 5. The monoisotopic (exact) mass is 312 g/mol. The maximum atomic E-state index is 11.8. The average Bonchev–Trinajstić information content (AvgIpc) is 2.54. The molecule has 2 rings (SSSR count). The van der Waals surface area contributed by atoms with Gasteiger partial charge in [-0.2, -0.15) is 0 Å². The second-order valence-corrected chi connectivity index (χ2v) is 5.40. The number of nitrogens with one attached hydrogen (secondary N) is 2. The lowest BCUT2D eigenvalue weighted by atomic mass is 10.1. The first kappa shape index (κ1) is 16.7. The molecule has 0 saturated carbocycles. The van der Waals surface area contributed by atoms with Gasteiger partial charge < -0.3 is 15.7 Å². The zero-order valence-corrected chi connectivity index (χ0v) is 13.2. The predicted molar refractivity (Wildman–Crippen MR) is 89.6 cm³/mol. The molecular formula is C18H20N2O3. The number of carbonyl (C=O) groups excluding carboxylic acids is 2. The van der Waals surface area contributed by atoms with E-state index in [1.165, 1.54) is 6.92 Å². The van der Waals surface area contributed by atoms with Crippen LogP contribution in [0, 0.1) is 6.92 Å². The van der Waals surface area contributed by atoms with E-state index in [1.807, 2.05) is 31.2 Å². The van der Waals surface area contributed by atoms with Crippen LogP contribution in [0.1, 0.15) is 34.5 Å². The lowest BCUT2D eigenvalue weighted by Gasteiger charge is -2.13. The van der Waals surface area contributed by atoms with E-state index in [9.17, 15) is 14.7 Å². The van der Waals surface area contributed by atoms with Gasteiger partial charge in [0.25, 0.3) is 0 Å². The molecular weight excluding hydrogens is 292 g/mol. The van der Waals surface area contributed by atoms with Gasteiger partial charge in [0.05, 0.1) is 6.10 Å². The van der Waals surface area contributed by atoms with Crippen LogP contribution in [0.25, 0.3) is 0 Å². The van der Waals surface area contributed by atoms with Crippen LogP contribution in [0.4, 0.5) is 10.5 Å². The Balaban J connectivity index is 1.84. The number of benzene rings is 2. The number of anilines is 1. The highest BCUT2D eigenvalue weighted by Gasteiger charge is 2.09. The van der Waals surface area contributed by atoms with E-state index in [0.29, 0.717) is 11.3 Å². The number of urea groups is 1. The number of carbonyl (C=O) groups is 2. The van der Waals surface area contributed by atoms with Gasteiger partial charge in [-0.3, -0.25) is 4.79 Å². The highest BCUT2D eigenvalue weighted by Crippen LogP contribution is 2.13. The SMILES string of the molecule is CC(=O)c1ccc(NC(=O)NCC(O)c2ccc(C)cc2)cc1. The molecule has 0 heterocycles. The van der Waals surface area contributed by atoms with Crippen molar-refractivity contribution in [2.75, 3.05) is 11.9 Å². The molecule has 3 N–H and O–H groups in total. The number of ketones is 1. The zero-order valence-electron chi connectivity index (χ0n) is 13.2. The molecule has 5 heteroatoms. The van der Waals surface area contributed by atoms with E-state index in [4.69, 9.17) is 0 Å². The van der Waals surface area contributed by atoms with Crippen LogP contribution in [0.2, 0.25) is 0 Å². The number of hydrogen-bond acceptors (Lipinski definition) is 3. The lowest BCUT2D eigenvalue weighted by Crippen LogP contribution is -2.32. The Kier molecular flexibility index (Phi) is 5.49. The fraction of sp³-hybridized carbons (Fsp3) is 0.222. The minimum Gasteiger partial charge on any atom is -0.387 e. The van der Waals surface area contributed by atoms with Crippen LogP contribution in [0.15, 0.2) is 48.5 Å². The number of aliphatic hydroxyl groups is 1. The third-order valence-corrected chi connectivity index (χ3v) is 3.47. The summed E-state index contributed by atoms with van der Waals surface area (Å²) in [5.74, 6) is -0.0257. The summed E-state index contributed by atoms with van der Waals surface area (Å²) in [4.78, 5) is 23.0. The normalized spacial score (nSPS) is 11.6. The van der Waals surface area contributed by atoms with Crippen LogP contribution in [0.5, 0.6) is 0 Å². The third kappa shape index (κ3) is 4.93. The first-order valence-electron chi connectivity index (χ1n) is 7.36. The van der Waals surface area contributed by atoms with Crippen molar-refractivity contribution >= 4 is 17.5 Å². The highest BCUT2D eigenvalue weighted by atomic mass is 16.3. The maximum absolute atomic E-state index is 11.8. The second kappa shape index (κ2) is 7.56. The standard InChI is InChI=1S/C18H20N2O3/c1-12-3-5-15(6-4-12)17(22)11-19-18(23)20-16-9-7-14(8-10-16)13(2)21/h3-10,17,22H,11H2,1-2H3,(H2,19,20,23). The first-order valence-corrected chi connectivity index (χ1v) is 7.36. The van der Waals surface area contributed by atoms with E-state index in [0.717, 1.165) is 11.1 Å². The minimum atomic E-state index is -0.763. The summed E-state index contributed by atoms with van der Waals surface area (Å²) in [6.07, 6.45) is -0.763. The van der Waals surface area contributed by atoms with Crippen LogP contribution in [0.3, 0.4) is 0 Å². The van der Waals surface area contributed by atoms with Crippen molar-refractivity contribution in [3.63, 3.8) is 0 Å². The van der Waals surface area contributed by atoms with Gasteiger partial charge >= 0.3 is 6.03 Å².